The minimum Gasteiger partial charge on any atom is -0.253 e. The largest absolute Gasteiger partial charge is 0.253 e. The van der Waals surface area contributed by atoms with Crippen LogP contribution < -0.4 is 0 Å². The van der Waals surface area contributed by atoms with Gasteiger partial charge in [0.05, 0.1) is 33.7 Å². The maximum absolute atomic E-state index is 13.8. The third kappa shape index (κ3) is 5.17. The molecular formula is C25H22N2O2S2. The van der Waals surface area contributed by atoms with Gasteiger partial charge in [-0.25, -0.2) is 0 Å². The first kappa shape index (κ1) is 22.6. The lowest BCUT2D eigenvalue weighted by Gasteiger charge is -2.27. The van der Waals surface area contributed by atoms with E-state index in [0.717, 1.165) is 11.1 Å². The Hall–Kier alpha value is -3.06. The van der Waals surface area contributed by atoms with Crippen LogP contribution in [0.15, 0.2) is 88.7 Å². The zero-order valence-corrected chi connectivity index (χ0v) is 18.9. The van der Waals surface area contributed by atoms with Crippen molar-refractivity contribution in [3.8, 4) is 12.1 Å². The average Bonchev–Trinajstić information content (AvgIpc) is 2.80. The fourth-order valence-corrected chi connectivity index (χ4v) is 7.14. The molecule has 2 unspecified atom stereocenters. The second-order valence-electron chi connectivity index (χ2n) is 7.26. The van der Waals surface area contributed by atoms with Crippen molar-refractivity contribution in [3.05, 3.63) is 95.6 Å². The molecule has 0 radical (unpaired) electrons. The molecule has 156 valence electrons. The molecule has 31 heavy (non-hydrogen) atoms. The van der Waals surface area contributed by atoms with E-state index in [9.17, 15) is 18.9 Å². The Kier molecular flexibility index (Phi) is 7.52. The maximum atomic E-state index is 13.8. The van der Waals surface area contributed by atoms with E-state index in [-0.39, 0.29) is 0 Å². The van der Waals surface area contributed by atoms with Gasteiger partial charge in [0.1, 0.15) is 10.5 Å². The zero-order chi connectivity index (χ0) is 22.4. The van der Waals surface area contributed by atoms with Crippen molar-refractivity contribution < 1.29 is 8.42 Å². The number of nitrogens with zero attached hydrogens (tertiary/aromatic N) is 2. The summed E-state index contributed by atoms with van der Waals surface area (Å²) < 4.78 is 26.6. The van der Waals surface area contributed by atoms with Crippen LogP contribution >= 0.6 is 0 Å². The summed E-state index contributed by atoms with van der Waals surface area (Å²) in [6, 6.07) is 27.5. The number of hydrogen-bond acceptors (Lipinski definition) is 4. The van der Waals surface area contributed by atoms with Gasteiger partial charge in [0.25, 0.3) is 0 Å². The molecule has 0 fully saturated rings. The van der Waals surface area contributed by atoms with Crippen LogP contribution in [0.3, 0.4) is 0 Å². The molecular weight excluding hydrogens is 424 g/mol. The molecule has 0 saturated carbocycles. The van der Waals surface area contributed by atoms with Gasteiger partial charge in [-0.3, -0.25) is 8.42 Å². The molecule has 0 bridgehead atoms. The van der Waals surface area contributed by atoms with E-state index >= 15 is 0 Å². The number of hydrogen-bond donors (Lipinski definition) is 0. The lowest BCUT2D eigenvalue weighted by atomic mass is 9.89. The minimum absolute atomic E-state index is 0.520. The third-order valence-electron chi connectivity index (χ3n) is 5.04. The zero-order valence-electron chi connectivity index (χ0n) is 17.3. The molecule has 0 saturated heterocycles. The lowest BCUT2D eigenvalue weighted by Crippen LogP contribution is -2.33. The molecule has 3 aromatic carbocycles. The summed E-state index contributed by atoms with van der Waals surface area (Å²) in [6.45, 7) is 3.87. The topological polar surface area (TPSA) is 81.7 Å². The average molecular weight is 447 g/mol. The molecule has 3 atom stereocenters. The maximum Gasteiger partial charge on any atom is 0.142 e. The molecule has 3 rings (SSSR count). The van der Waals surface area contributed by atoms with Gasteiger partial charge in [-0.1, -0.05) is 65.7 Å². The predicted octanol–water partition coefficient (Wildman–Crippen LogP) is 4.99. The summed E-state index contributed by atoms with van der Waals surface area (Å²) in [7, 11) is -3.44. The van der Waals surface area contributed by atoms with Gasteiger partial charge in [-0.2, -0.15) is 10.5 Å². The van der Waals surface area contributed by atoms with Crippen LogP contribution in [0, 0.1) is 42.4 Å². The van der Waals surface area contributed by atoms with E-state index in [4.69, 9.17) is 0 Å². The molecule has 0 heterocycles. The minimum atomic E-state index is -1.72. The van der Waals surface area contributed by atoms with Crippen LogP contribution in [0.5, 0.6) is 0 Å². The van der Waals surface area contributed by atoms with Crippen LogP contribution in [0.4, 0.5) is 0 Å². The molecule has 0 spiro atoms. The second-order valence-corrected chi connectivity index (χ2v) is 10.7. The highest BCUT2D eigenvalue weighted by Crippen LogP contribution is 2.36. The van der Waals surface area contributed by atoms with Crippen LogP contribution in [0.1, 0.15) is 22.6 Å². The Morgan fingerprint density at radius 2 is 1.10 bits per heavy atom. The molecule has 6 heteroatoms. The SMILES string of the molecule is Cc1ccc(S(=O)C([C@H](c2ccccc2)C(C#N)C#N)S(=O)c2ccc(C)cc2)cc1. The third-order valence-corrected chi connectivity index (χ3v) is 9.00. The van der Waals surface area contributed by atoms with Crippen LogP contribution in [-0.2, 0) is 21.6 Å². The Labute approximate surface area is 188 Å². The molecule has 0 N–H and O–H groups in total. The van der Waals surface area contributed by atoms with E-state index in [1.165, 1.54) is 0 Å². The lowest BCUT2D eigenvalue weighted by molar-refractivity contribution is 0.612. The van der Waals surface area contributed by atoms with Crippen molar-refractivity contribution in [2.75, 3.05) is 0 Å². The number of aryl methyl sites for hydroxylation is 2. The van der Waals surface area contributed by atoms with Crippen molar-refractivity contribution >= 4 is 21.6 Å². The Balaban J connectivity index is 2.19. The van der Waals surface area contributed by atoms with E-state index in [1.54, 1.807) is 48.5 Å². The summed E-state index contributed by atoms with van der Waals surface area (Å²) in [5.74, 6) is -1.89. The second kappa shape index (κ2) is 10.3. The molecule has 3 aromatic rings. The summed E-state index contributed by atoms with van der Waals surface area (Å²) >= 11 is 0. The molecule has 0 amide bonds. The predicted molar refractivity (Wildman–Crippen MR) is 123 cm³/mol. The first-order chi connectivity index (χ1) is 15.0. The summed E-state index contributed by atoms with van der Waals surface area (Å²) in [5.41, 5.74) is 2.70. The Morgan fingerprint density at radius 3 is 1.48 bits per heavy atom. The van der Waals surface area contributed by atoms with Gasteiger partial charge < -0.3 is 0 Å². The van der Waals surface area contributed by atoms with Crippen molar-refractivity contribution in [3.63, 3.8) is 0 Å². The van der Waals surface area contributed by atoms with Crippen molar-refractivity contribution in [1.29, 1.82) is 10.5 Å². The normalized spacial score (nSPS) is 14.7. The van der Waals surface area contributed by atoms with E-state index in [2.05, 4.69) is 0 Å². The smallest absolute Gasteiger partial charge is 0.142 e. The first-order valence-corrected chi connectivity index (χ1v) is 12.2. The summed E-state index contributed by atoms with van der Waals surface area (Å²) in [5, 5.41) is 19.4. The van der Waals surface area contributed by atoms with Gasteiger partial charge in [0.2, 0.25) is 0 Å². The monoisotopic (exact) mass is 446 g/mol. The number of rotatable bonds is 7. The fraction of sp³-hybridized carbons (Fsp3) is 0.200. The van der Waals surface area contributed by atoms with Crippen molar-refractivity contribution in [1.82, 2.24) is 0 Å². The molecule has 0 aliphatic carbocycles. The van der Waals surface area contributed by atoms with Gasteiger partial charge in [-0.05, 0) is 43.7 Å². The number of benzene rings is 3. The van der Waals surface area contributed by atoms with Gasteiger partial charge in [0, 0.05) is 15.7 Å². The van der Waals surface area contributed by atoms with Gasteiger partial charge in [0.15, 0.2) is 0 Å². The quantitative estimate of drug-likeness (QED) is 0.512. The highest BCUT2D eigenvalue weighted by Gasteiger charge is 2.40. The van der Waals surface area contributed by atoms with Crippen molar-refractivity contribution in [2.24, 2.45) is 5.92 Å². The van der Waals surface area contributed by atoms with E-state index in [0.29, 0.717) is 15.4 Å². The van der Waals surface area contributed by atoms with E-state index in [1.807, 2.05) is 56.3 Å². The van der Waals surface area contributed by atoms with Crippen LogP contribution in [0.2, 0.25) is 0 Å². The number of nitriles is 2. The van der Waals surface area contributed by atoms with Crippen LogP contribution in [-0.4, -0.2) is 13.0 Å². The summed E-state index contributed by atoms with van der Waals surface area (Å²) in [4.78, 5) is 1.04. The van der Waals surface area contributed by atoms with Gasteiger partial charge in [-0.15, -0.1) is 0 Å². The first-order valence-electron chi connectivity index (χ1n) is 9.75. The van der Waals surface area contributed by atoms with Crippen molar-refractivity contribution in [2.45, 2.75) is 34.1 Å². The molecule has 4 nitrogen and oxygen atoms in total. The summed E-state index contributed by atoms with van der Waals surface area (Å²) in [6.07, 6.45) is 0. The standard InChI is InChI=1S/C25H22N2O2S2/c1-18-8-12-22(13-9-18)30(28)25(31(29)23-14-10-19(2)11-15-23)24(21(16-26)17-27)20-6-4-3-5-7-20/h3-15,21,24-25H,1-2H3/t24-,25?,30?,31?/m1/s1. The Morgan fingerprint density at radius 1 is 0.677 bits per heavy atom. The highest BCUT2D eigenvalue weighted by molar-refractivity contribution is 8.03. The Bertz CT molecular complexity index is 1090. The van der Waals surface area contributed by atoms with Crippen LogP contribution in [0.25, 0.3) is 0 Å². The van der Waals surface area contributed by atoms with Gasteiger partial charge >= 0.3 is 0 Å². The molecule has 0 aliphatic rings. The fourth-order valence-electron chi connectivity index (χ4n) is 3.33. The van der Waals surface area contributed by atoms with E-state index < -0.39 is 38.0 Å². The molecule has 0 aromatic heterocycles. The molecule has 0 aliphatic heterocycles. The highest BCUT2D eigenvalue weighted by atomic mass is 32.2.